The Morgan fingerprint density at radius 1 is 1.20 bits per heavy atom. The normalized spacial score (nSPS) is 17.8. The third-order valence-electron chi connectivity index (χ3n) is 5.15. The number of fused-ring (bicyclic) bond motifs is 2. The summed E-state index contributed by atoms with van der Waals surface area (Å²) in [5.41, 5.74) is 1.06. The lowest BCUT2D eigenvalue weighted by Crippen LogP contribution is -2.43. The van der Waals surface area contributed by atoms with E-state index in [9.17, 15) is 19.7 Å². The molecule has 2 atom stereocenters. The van der Waals surface area contributed by atoms with Crippen molar-refractivity contribution in [2.24, 2.45) is 0 Å². The van der Waals surface area contributed by atoms with E-state index in [1.54, 1.807) is 4.90 Å². The van der Waals surface area contributed by atoms with E-state index in [4.69, 9.17) is 14.2 Å². The summed E-state index contributed by atoms with van der Waals surface area (Å²) in [6, 6.07) is 9.82. The number of benzene rings is 2. The first-order chi connectivity index (χ1) is 14.4. The molecule has 2 aliphatic heterocycles. The number of nitro groups is 1. The molecule has 2 aliphatic rings. The third kappa shape index (κ3) is 3.42. The van der Waals surface area contributed by atoms with Crippen molar-refractivity contribution >= 4 is 23.3 Å². The molecular formula is C21H20N2O7. The van der Waals surface area contributed by atoms with Crippen LogP contribution in [0.1, 0.15) is 29.8 Å². The topological polar surface area (TPSA) is 108 Å². The zero-order chi connectivity index (χ0) is 21.4. The summed E-state index contributed by atoms with van der Waals surface area (Å²) in [5, 5.41) is 11.4. The second kappa shape index (κ2) is 7.66. The Morgan fingerprint density at radius 3 is 2.57 bits per heavy atom. The molecule has 1 amide bonds. The fourth-order valence-electron chi connectivity index (χ4n) is 3.76. The van der Waals surface area contributed by atoms with Gasteiger partial charge >= 0.3 is 5.97 Å². The molecule has 0 spiro atoms. The van der Waals surface area contributed by atoms with Crippen LogP contribution < -0.4 is 14.4 Å². The Hall–Kier alpha value is -3.62. The monoisotopic (exact) mass is 412 g/mol. The maximum atomic E-state index is 13.0. The molecule has 9 heteroatoms. The van der Waals surface area contributed by atoms with Crippen LogP contribution in [0.25, 0.3) is 0 Å². The van der Waals surface area contributed by atoms with Crippen molar-refractivity contribution in [3.63, 3.8) is 0 Å². The van der Waals surface area contributed by atoms with Crippen molar-refractivity contribution in [2.45, 2.75) is 32.4 Å². The molecule has 0 saturated heterocycles. The Morgan fingerprint density at radius 2 is 1.87 bits per heavy atom. The minimum absolute atomic E-state index is 0.0836. The number of hydrogen-bond acceptors (Lipinski definition) is 7. The van der Waals surface area contributed by atoms with Gasteiger partial charge in [0.25, 0.3) is 11.6 Å². The van der Waals surface area contributed by atoms with Crippen LogP contribution in [0.5, 0.6) is 11.5 Å². The quantitative estimate of drug-likeness (QED) is 0.432. The van der Waals surface area contributed by atoms with Gasteiger partial charge in [-0.1, -0.05) is 18.2 Å². The van der Waals surface area contributed by atoms with E-state index < -0.39 is 22.7 Å². The predicted octanol–water partition coefficient (Wildman–Crippen LogP) is 2.89. The summed E-state index contributed by atoms with van der Waals surface area (Å²) in [5.74, 6) is -0.948. The van der Waals surface area contributed by atoms with Gasteiger partial charge in [0.05, 0.1) is 11.0 Å². The van der Waals surface area contributed by atoms with Gasteiger partial charge in [-0.05, 0) is 31.9 Å². The Kier molecular flexibility index (Phi) is 5.03. The fraction of sp³-hybridized carbons (Fsp3) is 0.333. The molecule has 0 aromatic heterocycles. The van der Waals surface area contributed by atoms with Crippen LogP contribution in [0.4, 0.5) is 11.4 Å². The number of para-hydroxylation sites is 1. The summed E-state index contributed by atoms with van der Waals surface area (Å²) >= 11 is 0. The van der Waals surface area contributed by atoms with E-state index in [0.717, 1.165) is 17.3 Å². The van der Waals surface area contributed by atoms with Gasteiger partial charge in [-0.3, -0.25) is 14.9 Å². The van der Waals surface area contributed by atoms with E-state index in [0.29, 0.717) is 6.42 Å². The zero-order valence-corrected chi connectivity index (χ0v) is 16.5. The molecule has 4 rings (SSSR count). The molecule has 0 N–H and O–H groups in total. The van der Waals surface area contributed by atoms with Gasteiger partial charge in [0.15, 0.2) is 17.6 Å². The van der Waals surface area contributed by atoms with E-state index in [1.165, 1.54) is 13.0 Å². The minimum Gasteiger partial charge on any atom is -0.486 e. The molecule has 0 aliphatic carbocycles. The molecule has 30 heavy (non-hydrogen) atoms. The number of carbonyl (C=O) groups excluding carboxylic acids is 2. The lowest BCUT2D eigenvalue weighted by atomic mass is 10.1. The van der Waals surface area contributed by atoms with E-state index in [2.05, 4.69) is 0 Å². The summed E-state index contributed by atoms with van der Waals surface area (Å²) in [6.45, 7) is 3.89. The minimum atomic E-state index is -1.13. The van der Waals surface area contributed by atoms with Crippen molar-refractivity contribution in [3.05, 3.63) is 57.6 Å². The summed E-state index contributed by atoms with van der Waals surface area (Å²) < 4.78 is 16.1. The SMILES string of the molecule is C[C@@H](OC(=O)c1cc2c(cc1[N+](=O)[O-])OCCO2)C(=O)N1c2ccccc2C[C@@H]1C. The highest BCUT2D eigenvalue weighted by atomic mass is 16.6. The highest BCUT2D eigenvalue weighted by Gasteiger charge is 2.36. The first-order valence-electron chi connectivity index (χ1n) is 9.57. The highest BCUT2D eigenvalue weighted by Crippen LogP contribution is 2.37. The van der Waals surface area contributed by atoms with Gasteiger partial charge in [-0.2, -0.15) is 0 Å². The maximum absolute atomic E-state index is 13.0. The number of nitro benzene ring substituents is 1. The highest BCUT2D eigenvalue weighted by molar-refractivity contribution is 6.02. The van der Waals surface area contributed by atoms with Crippen molar-refractivity contribution in [1.82, 2.24) is 0 Å². The van der Waals surface area contributed by atoms with Gasteiger partial charge in [-0.25, -0.2) is 4.79 Å². The number of esters is 1. The molecule has 2 heterocycles. The lowest BCUT2D eigenvalue weighted by molar-refractivity contribution is -0.385. The molecule has 2 aromatic rings. The van der Waals surface area contributed by atoms with Crippen LogP contribution in [0.3, 0.4) is 0 Å². The van der Waals surface area contributed by atoms with E-state index in [-0.39, 0.29) is 42.2 Å². The molecule has 2 aromatic carbocycles. The van der Waals surface area contributed by atoms with Crippen LogP contribution in [0.2, 0.25) is 0 Å². The second-order valence-electron chi connectivity index (χ2n) is 7.21. The first-order valence-corrected chi connectivity index (χ1v) is 9.57. The summed E-state index contributed by atoms with van der Waals surface area (Å²) in [4.78, 5) is 38.1. The molecule has 0 saturated carbocycles. The summed E-state index contributed by atoms with van der Waals surface area (Å²) in [6.07, 6.45) is -0.421. The van der Waals surface area contributed by atoms with Gasteiger partial charge in [0.2, 0.25) is 0 Å². The average molecular weight is 412 g/mol. The van der Waals surface area contributed by atoms with E-state index in [1.807, 2.05) is 31.2 Å². The van der Waals surface area contributed by atoms with Crippen LogP contribution in [0, 0.1) is 10.1 Å². The van der Waals surface area contributed by atoms with Crippen LogP contribution in [0.15, 0.2) is 36.4 Å². The number of carbonyl (C=O) groups is 2. The standard InChI is InChI=1S/C21H20N2O7/c1-12-9-14-5-3-4-6-16(14)22(12)20(24)13(2)30-21(25)15-10-18-19(29-8-7-28-18)11-17(15)23(26)27/h3-6,10-13H,7-9H2,1-2H3/t12-,13+/m0/s1. The fourth-order valence-corrected chi connectivity index (χ4v) is 3.76. The van der Waals surface area contributed by atoms with Crippen LogP contribution >= 0.6 is 0 Å². The van der Waals surface area contributed by atoms with Crippen molar-refractivity contribution in [2.75, 3.05) is 18.1 Å². The van der Waals surface area contributed by atoms with E-state index >= 15 is 0 Å². The Bertz CT molecular complexity index is 1040. The van der Waals surface area contributed by atoms with Crippen molar-refractivity contribution in [1.29, 1.82) is 0 Å². The molecule has 0 fully saturated rings. The van der Waals surface area contributed by atoms with Gasteiger partial charge in [-0.15, -0.1) is 0 Å². The van der Waals surface area contributed by atoms with Gasteiger partial charge in [0.1, 0.15) is 18.8 Å². The molecule has 0 radical (unpaired) electrons. The number of amides is 1. The Labute approximate surface area is 172 Å². The summed E-state index contributed by atoms with van der Waals surface area (Å²) in [7, 11) is 0. The number of nitrogens with zero attached hydrogens (tertiary/aromatic N) is 2. The molecule has 0 unspecified atom stereocenters. The van der Waals surface area contributed by atoms with Gasteiger partial charge in [0, 0.05) is 17.8 Å². The molecule has 9 nitrogen and oxygen atoms in total. The largest absolute Gasteiger partial charge is 0.486 e. The number of ether oxygens (including phenoxy) is 3. The number of anilines is 1. The van der Waals surface area contributed by atoms with Crippen molar-refractivity contribution in [3.8, 4) is 11.5 Å². The predicted molar refractivity (Wildman–Crippen MR) is 106 cm³/mol. The molecular weight excluding hydrogens is 392 g/mol. The van der Waals surface area contributed by atoms with Gasteiger partial charge < -0.3 is 19.1 Å². The molecule has 0 bridgehead atoms. The Balaban J connectivity index is 1.57. The second-order valence-corrected chi connectivity index (χ2v) is 7.21. The molecule has 156 valence electrons. The van der Waals surface area contributed by atoms with Crippen LogP contribution in [-0.4, -0.2) is 42.2 Å². The van der Waals surface area contributed by atoms with Crippen LogP contribution in [-0.2, 0) is 16.0 Å². The average Bonchev–Trinajstić information content (AvgIpc) is 3.07. The lowest BCUT2D eigenvalue weighted by Gasteiger charge is -2.26. The first kappa shape index (κ1) is 19.7. The smallest absolute Gasteiger partial charge is 0.346 e. The zero-order valence-electron chi connectivity index (χ0n) is 16.5. The van der Waals surface area contributed by atoms with Crippen molar-refractivity contribution < 1.29 is 28.7 Å². The maximum Gasteiger partial charge on any atom is 0.346 e. The number of rotatable bonds is 4. The number of hydrogen-bond donors (Lipinski definition) is 0. The third-order valence-corrected chi connectivity index (χ3v) is 5.15.